The maximum atomic E-state index is 11.5. The summed E-state index contributed by atoms with van der Waals surface area (Å²) in [5, 5.41) is 6.83. The molecule has 1 aromatic carbocycles. The lowest BCUT2D eigenvalue weighted by Gasteiger charge is -2.09. The van der Waals surface area contributed by atoms with Crippen LogP contribution in [0.5, 0.6) is 0 Å². The Bertz CT molecular complexity index is 504. The Kier molecular flexibility index (Phi) is 3.23. The zero-order chi connectivity index (χ0) is 12.3. The minimum Gasteiger partial charge on any atom is -0.357 e. The van der Waals surface area contributed by atoms with Crippen LogP contribution in [0, 0.1) is 0 Å². The standard InChI is InChI=1S/C13H15N3O/c1-10(13(17)14-2)16-9-12(8-15-16)11-6-4-3-5-7-11/h3-10H,1-2H3,(H,14,17)/t10-/m0/s1. The fraction of sp³-hybridized carbons (Fsp3) is 0.231. The zero-order valence-corrected chi connectivity index (χ0v) is 9.92. The highest BCUT2D eigenvalue weighted by Crippen LogP contribution is 2.19. The molecule has 0 bridgehead atoms. The quantitative estimate of drug-likeness (QED) is 0.873. The first-order chi connectivity index (χ1) is 8.22. The molecule has 88 valence electrons. The summed E-state index contributed by atoms with van der Waals surface area (Å²) in [4.78, 5) is 11.5. The van der Waals surface area contributed by atoms with Crippen molar-refractivity contribution < 1.29 is 4.79 Å². The molecule has 0 saturated carbocycles. The number of benzene rings is 1. The van der Waals surface area contributed by atoms with Crippen LogP contribution in [0.3, 0.4) is 0 Å². The fourth-order valence-electron chi connectivity index (χ4n) is 1.66. The van der Waals surface area contributed by atoms with Crippen molar-refractivity contribution in [1.29, 1.82) is 0 Å². The van der Waals surface area contributed by atoms with Gasteiger partial charge >= 0.3 is 0 Å². The highest BCUT2D eigenvalue weighted by atomic mass is 16.2. The molecule has 4 nitrogen and oxygen atoms in total. The molecule has 0 aliphatic heterocycles. The van der Waals surface area contributed by atoms with Gasteiger partial charge in [0.05, 0.1) is 6.20 Å². The number of hydrogen-bond donors (Lipinski definition) is 1. The summed E-state index contributed by atoms with van der Waals surface area (Å²) in [5.41, 5.74) is 2.12. The lowest BCUT2D eigenvalue weighted by atomic mass is 10.1. The first-order valence-electron chi connectivity index (χ1n) is 5.53. The molecular formula is C13H15N3O. The van der Waals surface area contributed by atoms with Crippen LogP contribution < -0.4 is 5.32 Å². The van der Waals surface area contributed by atoms with E-state index in [0.29, 0.717) is 0 Å². The van der Waals surface area contributed by atoms with Crippen molar-refractivity contribution in [1.82, 2.24) is 15.1 Å². The summed E-state index contributed by atoms with van der Waals surface area (Å²) in [7, 11) is 1.63. The summed E-state index contributed by atoms with van der Waals surface area (Å²) in [5.74, 6) is -0.0484. The van der Waals surface area contributed by atoms with Crippen molar-refractivity contribution >= 4 is 5.91 Å². The third-order valence-corrected chi connectivity index (χ3v) is 2.73. The predicted molar refractivity (Wildman–Crippen MR) is 66.4 cm³/mol. The Balaban J connectivity index is 2.25. The Labute approximate surface area is 100 Å². The van der Waals surface area contributed by atoms with Crippen LogP contribution in [0.2, 0.25) is 0 Å². The largest absolute Gasteiger partial charge is 0.357 e. The lowest BCUT2D eigenvalue weighted by Crippen LogP contribution is -2.27. The van der Waals surface area contributed by atoms with Crippen molar-refractivity contribution in [3.05, 3.63) is 42.7 Å². The number of amides is 1. The predicted octanol–water partition coefficient (Wildman–Crippen LogP) is 1.86. The number of carbonyl (C=O) groups is 1. The Morgan fingerprint density at radius 2 is 2.00 bits per heavy atom. The van der Waals surface area contributed by atoms with E-state index in [1.165, 1.54) is 0 Å². The van der Waals surface area contributed by atoms with Gasteiger partial charge in [-0.3, -0.25) is 9.48 Å². The van der Waals surface area contributed by atoms with Gasteiger partial charge in [-0.15, -0.1) is 0 Å². The number of nitrogens with one attached hydrogen (secondary N) is 1. The fourth-order valence-corrected chi connectivity index (χ4v) is 1.66. The van der Waals surface area contributed by atoms with E-state index in [-0.39, 0.29) is 11.9 Å². The second-order valence-electron chi connectivity index (χ2n) is 3.87. The first-order valence-corrected chi connectivity index (χ1v) is 5.53. The summed E-state index contributed by atoms with van der Waals surface area (Å²) in [6, 6.07) is 9.68. The highest BCUT2D eigenvalue weighted by Gasteiger charge is 2.14. The van der Waals surface area contributed by atoms with Crippen molar-refractivity contribution in [2.75, 3.05) is 7.05 Å². The zero-order valence-electron chi connectivity index (χ0n) is 9.92. The Morgan fingerprint density at radius 3 is 2.65 bits per heavy atom. The van der Waals surface area contributed by atoms with Crippen molar-refractivity contribution in [2.45, 2.75) is 13.0 Å². The van der Waals surface area contributed by atoms with Gasteiger partial charge < -0.3 is 5.32 Å². The van der Waals surface area contributed by atoms with Crippen LogP contribution in [-0.4, -0.2) is 22.7 Å². The van der Waals surface area contributed by atoms with Gasteiger partial charge in [0.2, 0.25) is 5.91 Å². The van der Waals surface area contributed by atoms with Gasteiger partial charge in [0.15, 0.2) is 0 Å². The smallest absolute Gasteiger partial charge is 0.244 e. The first kappa shape index (κ1) is 11.4. The number of hydrogen-bond acceptors (Lipinski definition) is 2. The molecule has 2 aromatic rings. The minimum absolute atomic E-state index is 0.0484. The average Bonchev–Trinajstić information content (AvgIpc) is 2.87. The van der Waals surface area contributed by atoms with Crippen LogP contribution in [0.1, 0.15) is 13.0 Å². The summed E-state index contributed by atoms with van der Waals surface area (Å²) < 4.78 is 1.67. The van der Waals surface area contributed by atoms with Gasteiger partial charge in [-0.05, 0) is 12.5 Å². The van der Waals surface area contributed by atoms with E-state index >= 15 is 0 Å². The molecule has 1 N–H and O–H groups in total. The van der Waals surface area contributed by atoms with Crippen LogP contribution in [0.15, 0.2) is 42.7 Å². The summed E-state index contributed by atoms with van der Waals surface area (Å²) in [6.07, 6.45) is 3.66. The maximum absolute atomic E-state index is 11.5. The molecule has 1 amide bonds. The second-order valence-corrected chi connectivity index (χ2v) is 3.87. The molecule has 1 heterocycles. The molecule has 1 aromatic heterocycles. The van der Waals surface area contributed by atoms with Crippen LogP contribution in [0.4, 0.5) is 0 Å². The number of rotatable bonds is 3. The topological polar surface area (TPSA) is 46.9 Å². The number of nitrogens with zero attached hydrogens (tertiary/aromatic N) is 2. The van der Waals surface area contributed by atoms with Crippen LogP contribution in [0.25, 0.3) is 11.1 Å². The van der Waals surface area contributed by atoms with E-state index in [9.17, 15) is 4.79 Å². The van der Waals surface area contributed by atoms with E-state index in [4.69, 9.17) is 0 Å². The number of aromatic nitrogens is 2. The lowest BCUT2D eigenvalue weighted by molar-refractivity contribution is -0.123. The van der Waals surface area contributed by atoms with Crippen LogP contribution in [-0.2, 0) is 4.79 Å². The van der Waals surface area contributed by atoms with E-state index in [0.717, 1.165) is 11.1 Å². The van der Waals surface area contributed by atoms with Crippen molar-refractivity contribution in [3.8, 4) is 11.1 Å². The SMILES string of the molecule is CNC(=O)[C@H](C)n1cc(-c2ccccc2)cn1. The van der Waals surface area contributed by atoms with Crippen LogP contribution >= 0.6 is 0 Å². The molecule has 0 spiro atoms. The molecule has 0 fully saturated rings. The molecule has 0 radical (unpaired) electrons. The molecular weight excluding hydrogens is 214 g/mol. The van der Waals surface area contributed by atoms with Gasteiger partial charge in [-0.2, -0.15) is 5.10 Å². The summed E-state index contributed by atoms with van der Waals surface area (Å²) >= 11 is 0. The van der Waals surface area contributed by atoms with Gasteiger partial charge in [-0.25, -0.2) is 0 Å². The molecule has 1 atom stereocenters. The molecule has 0 unspecified atom stereocenters. The number of carbonyl (C=O) groups excluding carboxylic acids is 1. The Morgan fingerprint density at radius 1 is 1.29 bits per heavy atom. The maximum Gasteiger partial charge on any atom is 0.244 e. The van der Waals surface area contributed by atoms with E-state index in [1.54, 1.807) is 17.9 Å². The van der Waals surface area contributed by atoms with Crippen molar-refractivity contribution in [3.63, 3.8) is 0 Å². The molecule has 0 aliphatic carbocycles. The summed E-state index contributed by atoms with van der Waals surface area (Å²) in [6.45, 7) is 1.82. The second kappa shape index (κ2) is 4.82. The van der Waals surface area contributed by atoms with Gasteiger partial charge in [0.1, 0.15) is 6.04 Å². The third-order valence-electron chi connectivity index (χ3n) is 2.73. The molecule has 17 heavy (non-hydrogen) atoms. The van der Waals surface area contributed by atoms with Gasteiger partial charge in [-0.1, -0.05) is 30.3 Å². The van der Waals surface area contributed by atoms with Gasteiger partial charge in [0, 0.05) is 18.8 Å². The molecule has 0 aliphatic rings. The van der Waals surface area contributed by atoms with E-state index < -0.39 is 0 Å². The molecule has 0 saturated heterocycles. The van der Waals surface area contributed by atoms with E-state index in [2.05, 4.69) is 10.4 Å². The molecule has 4 heteroatoms. The minimum atomic E-state index is -0.294. The van der Waals surface area contributed by atoms with E-state index in [1.807, 2.05) is 43.5 Å². The van der Waals surface area contributed by atoms with Gasteiger partial charge in [0.25, 0.3) is 0 Å². The number of likely N-dealkylation sites (N-methyl/N-ethyl adjacent to an activating group) is 1. The molecule has 2 rings (SSSR count). The normalized spacial score (nSPS) is 12.1. The average molecular weight is 229 g/mol. The third kappa shape index (κ3) is 2.36. The monoisotopic (exact) mass is 229 g/mol. The van der Waals surface area contributed by atoms with Crippen molar-refractivity contribution in [2.24, 2.45) is 0 Å². The highest BCUT2D eigenvalue weighted by molar-refractivity contribution is 5.79. The Hall–Kier alpha value is -2.10.